The molecule has 0 saturated carbocycles. The first-order chi connectivity index (χ1) is 13.0. The lowest BCUT2D eigenvalue weighted by Crippen LogP contribution is -2.30. The third-order valence-electron chi connectivity index (χ3n) is 3.95. The highest BCUT2D eigenvalue weighted by atomic mass is 35.5. The molecular formula is C19H18ClN3O4. The molecule has 2 aromatic carbocycles. The van der Waals surface area contributed by atoms with Gasteiger partial charge in [-0.3, -0.25) is 4.84 Å². The molecule has 1 N–H and O–H groups in total. The second-order valence-electron chi connectivity index (χ2n) is 5.57. The van der Waals surface area contributed by atoms with E-state index < -0.39 is 12.2 Å². The Morgan fingerprint density at radius 3 is 2.52 bits per heavy atom. The van der Waals surface area contributed by atoms with E-state index in [1.165, 1.54) is 14.2 Å². The van der Waals surface area contributed by atoms with E-state index in [1.54, 1.807) is 53.3 Å². The minimum absolute atomic E-state index is 0.361. The zero-order chi connectivity index (χ0) is 19.4. The van der Waals surface area contributed by atoms with E-state index in [2.05, 4.69) is 5.10 Å². The molecule has 7 nitrogen and oxygen atoms in total. The molecule has 0 aliphatic carbocycles. The third-order valence-corrected chi connectivity index (χ3v) is 4.21. The van der Waals surface area contributed by atoms with Gasteiger partial charge in [-0.05, 0) is 36.4 Å². The molecule has 1 amide bonds. The van der Waals surface area contributed by atoms with Crippen LogP contribution in [0.15, 0.2) is 60.8 Å². The monoisotopic (exact) mass is 387 g/mol. The molecule has 1 unspecified atom stereocenters. The molecule has 27 heavy (non-hydrogen) atoms. The summed E-state index contributed by atoms with van der Waals surface area (Å²) in [6.45, 7) is 0. The number of methoxy groups -OCH3 is 1. The van der Waals surface area contributed by atoms with Gasteiger partial charge in [-0.25, -0.2) is 9.48 Å². The molecule has 3 rings (SSSR count). The minimum atomic E-state index is -1.07. The molecule has 1 atom stereocenters. The van der Waals surface area contributed by atoms with E-state index >= 15 is 0 Å². The molecule has 1 heterocycles. The Kier molecular flexibility index (Phi) is 5.75. The maximum absolute atomic E-state index is 11.9. The predicted octanol–water partition coefficient (Wildman–Crippen LogP) is 3.74. The van der Waals surface area contributed by atoms with E-state index in [-0.39, 0.29) is 0 Å². The van der Waals surface area contributed by atoms with Crippen molar-refractivity contribution in [3.8, 4) is 5.69 Å². The van der Waals surface area contributed by atoms with Crippen LogP contribution in [0.2, 0.25) is 5.02 Å². The van der Waals surface area contributed by atoms with Crippen molar-refractivity contribution in [2.24, 2.45) is 0 Å². The first kappa shape index (κ1) is 18.9. The number of hydrogen-bond donors (Lipinski definition) is 1. The van der Waals surface area contributed by atoms with Gasteiger partial charge in [-0.2, -0.15) is 10.2 Å². The van der Waals surface area contributed by atoms with Gasteiger partial charge < -0.3 is 9.84 Å². The van der Waals surface area contributed by atoms with Gasteiger partial charge in [0.25, 0.3) is 0 Å². The number of halogens is 1. The first-order valence-corrected chi connectivity index (χ1v) is 8.43. The number of hydroxylamine groups is 1. The van der Waals surface area contributed by atoms with Gasteiger partial charge in [-0.1, -0.05) is 29.8 Å². The van der Waals surface area contributed by atoms with Crippen molar-refractivity contribution >= 4 is 23.4 Å². The molecule has 0 bridgehead atoms. The fourth-order valence-corrected chi connectivity index (χ4v) is 2.76. The van der Waals surface area contributed by atoms with Crippen LogP contribution < -0.4 is 5.06 Å². The number of benzene rings is 2. The second-order valence-corrected chi connectivity index (χ2v) is 6.01. The SMILES string of the molecule is COC(=O)N(OC)c1ccccc1C(O)c1ccn(-c2ccc(Cl)cc2)n1. The average Bonchev–Trinajstić information content (AvgIpc) is 3.19. The lowest BCUT2D eigenvalue weighted by Gasteiger charge is -2.22. The van der Waals surface area contributed by atoms with E-state index in [0.29, 0.717) is 22.0 Å². The maximum atomic E-state index is 11.9. The topological polar surface area (TPSA) is 76.8 Å². The van der Waals surface area contributed by atoms with Crippen LogP contribution in [0.3, 0.4) is 0 Å². The smallest absolute Gasteiger partial charge is 0.438 e. The largest absolute Gasteiger partial charge is 0.451 e. The van der Waals surface area contributed by atoms with E-state index in [0.717, 1.165) is 10.8 Å². The Bertz CT molecular complexity index is 927. The van der Waals surface area contributed by atoms with Crippen LogP contribution in [-0.2, 0) is 9.57 Å². The number of nitrogens with zero attached hydrogens (tertiary/aromatic N) is 3. The van der Waals surface area contributed by atoms with Crippen molar-refractivity contribution in [3.05, 3.63) is 77.1 Å². The van der Waals surface area contributed by atoms with Gasteiger partial charge >= 0.3 is 6.09 Å². The molecule has 0 radical (unpaired) electrons. The number of aliphatic hydroxyl groups excluding tert-OH is 1. The fraction of sp³-hybridized carbons (Fsp3) is 0.158. The summed E-state index contributed by atoms with van der Waals surface area (Å²) in [5.74, 6) is 0. The Balaban J connectivity index is 1.94. The van der Waals surface area contributed by atoms with Crippen LogP contribution in [0.1, 0.15) is 17.4 Å². The number of carbonyl (C=O) groups is 1. The first-order valence-electron chi connectivity index (χ1n) is 8.06. The van der Waals surface area contributed by atoms with Crippen LogP contribution >= 0.6 is 11.6 Å². The summed E-state index contributed by atoms with van der Waals surface area (Å²) < 4.78 is 6.35. The van der Waals surface area contributed by atoms with Gasteiger partial charge in [0.15, 0.2) is 0 Å². The molecule has 8 heteroatoms. The second kappa shape index (κ2) is 8.22. The molecule has 0 aliphatic rings. The third kappa shape index (κ3) is 3.95. The normalized spacial score (nSPS) is 11.9. The molecule has 3 aromatic rings. The van der Waals surface area contributed by atoms with Gasteiger partial charge in [0, 0.05) is 16.8 Å². The number of amides is 1. The molecule has 1 aromatic heterocycles. The molecule has 0 saturated heterocycles. The van der Waals surface area contributed by atoms with E-state index in [9.17, 15) is 9.90 Å². The van der Waals surface area contributed by atoms with Crippen molar-refractivity contribution in [2.75, 3.05) is 19.3 Å². The summed E-state index contributed by atoms with van der Waals surface area (Å²) in [6.07, 6.45) is -0.0420. The minimum Gasteiger partial charge on any atom is -0.451 e. The lowest BCUT2D eigenvalue weighted by atomic mass is 10.0. The molecule has 0 spiro atoms. The van der Waals surface area contributed by atoms with Crippen molar-refractivity contribution < 1.29 is 19.5 Å². The fourth-order valence-electron chi connectivity index (χ4n) is 2.64. The summed E-state index contributed by atoms with van der Waals surface area (Å²) in [7, 11) is 2.59. The van der Waals surface area contributed by atoms with Crippen LogP contribution in [0.5, 0.6) is 0 Å². The van der Waals surface area contributed by atoms with Gasteiger partial charge in [0.05, 0.1) is 31.3 Å². The summed E-state index contributed by atoms with van der Waals surface area (Å²) in [6, 6.07) is 15.7. The number of aromatic nitrogens is 2. The van der Waals surface area contributed by atoms with Crippen molar-refractivity contribution in [1.29, 1.82) is 0 Å². The Morgan fingerprint density at radius 2 is 1.85 bits per heavy atom. The number of carbonyl (C=O) groups excluding carboxylic acids is 1. The van der Waals surface area contributed by atoms with Gasteiger partial charge in [-0.15, -0.1) is 0 Å². The van der Waals surface area contributed by atoms with E-state index in [4.69, 9.17) is 21.2 Å². The van der Waals surface area contributed by atoms with Crippen molar-refractivity contribution in [1.82, 2.24) is 9.78 Å². The van der Waals surface area contributed by atoms with Crippen LogP contribution in [0, 0.1) is 0 Å². The highest BCUT2D eigenvalue weighted by Crippen LogP contribution is 2.31. The molecule has 0 fully saturated rings. The number of rotatable bonds is 5. The zero-order valence-electron chi connectivity index (χ0n) is 14.7. The standard InChI is InChI=1S/C19H18ClN3O4/c1-26-19(25)23(27-2)17-6-4-3-5-15(17)18(24)16-11-12-22(21-16)14-9-7-13(20)8-10-14/h3-12,18,24H,1-2H3. The average molecular weight is 388 g/mol. The summed E-state index contributed by atoms with van der Waals surface area (Å²) in [5.41, 5.74) is 2.03. The van der Waals surface area contributed by atoms with Gasteiger partial charge in [0.2, 0.25) is 0 Å². The highest BCUT2D eigenvalue weighted by Gasteiger charge is 2.24. The number of aliphatic hydroxyl groups is 1. The summed E-state index contributed by atoms with van der Waals surface area (Å²) >= 11 is 5.91. The van der Waals surface area contributed by atoms with E-state index in [1.807, 2.05) is 12.1 Å². The van der Waals surface area contributed by atoms with Crippen molar-refractivity contribution in [2.45, 2.75) is 6.10 Å². The van der Waals surface area contributed by atoms with Crippen LogP contribution in [0.25, 0.3) is 5.69 Å². The number of hydrogen-bond acceptors (Lipinski definition) is 5. The Morgan fingerprint density at radius 1 is 1.15 bits per heavy atom. The summed E-state index contributed by atoms with van der Waals surface area (Å²) in [5, 5.41) is 16.9. The predicted molar refractivity (Wildman–Crippen MR) is 101 cm³/mol. The van der Waals surface area contributed by atoms with Crippen molar-refractivity contribution in [3.63, 3.8) is 0 Å². The summed E-state index contributed by atoms with van der Waals surface area (Å²) in [4.78, 5) is 17.0. The number of anilines is 1. The quantitative estimate of drug-likeness (QED) is 0.675. The maximum Gasteiger partial charge on any atom is 0.438 e. The van der Waals surface area contributed by atoms with Gasteiger partial charge in [0.1, 0.15) is 6.10 Å². The molecular weight excluding hydrogens is 370 g/mol. The Hall–Kier alpha value is -2.87. The van der Waals surface area contributed by atoms with Crippen LogP contribution in [0.4, 0.5) is 10.5 Å². The highest BCUT2D eigenvalue weighted by molar-refractivity contribution is 6.30. The zero-order valence-corrected chi connectivity index (χ0v) is 15.5. The molecule has 0 aliphatic heterocycles. The van der Waals surface area contributed by atoms with Crippen LogP contribution in [-0.4, -0.2) is 35.2 Å². The number of ether oxygens (including phenoxy) is 1. The number of para-hydroxylation sites is 1. The molecule has 140 valence electrons. The lowest BCUT2D eigenvalue weighted by molar-refractivity contribution is 0.114. The Labute approximate surface area is 161 Å².